The van der Waals surface area contributed by atoms with E-state index < -0.39 is 0 Å². The molecule has 1 aromatic rings. The van der Waals surface area contributed by atoms with Crippen LogP contribution in [0.2, 0.25) is 0 Å². The summed E-state index contributed by atoms with van der Waals surface area (Å²) in [5, 5.41) is 3.61. The van der Waals surface area contributed by atoms with Crippen molar-refractivity contribution in [2.75, 3.05) is 5.32 Å². The van der Waals surface area contributed by atoms with Crippen molar-refractivity contribution < 1.29 is 0 Å². The van der Waals surface area contributed by atoms with E-state index in [2.05, 4.69) is 28.4 Å². The number of allylic oxidation sites excluding steroid dienone is 1. The zero-order valence-electron chi connectivity index (χ0n) is 10.7. The molecule has 0 saturated heterocycles. The molecule has 17 heavy (non-hydrogen) atoms. The Morgan fingerprint density at radius 3 is 3.12 bits per heavy atom. The number of imidazole rings is 1. The van der Waals surface area contributed by atoms with Crippen LogP contribution in [0.1, 0.15) is 39.0 Å². The Morgan fingerprint density at radius 1 is 1.47 bits per heavy atom. The molecule has 2 rings (SSSR count). The van der Waals surface area contributed by atoms with Crippen LogP contribution in [-0.2, 0) is 6.54 Å². The van der Waals surface area contributed by atoms with Crippen molar-refractivity contribution in [1.82, 2.24) is 9.55 Å². The first kappa shape index (κ1) is 12.2. The second kappa shape index (κ2) is 5.89. The van der Waals surface area contributed by atoms with E-state index in [1.54, 1.807) is 0 Å². The van der Waals surface area contributed by atoms with Gasteiger partial charge in [0.05, 0.1) is 0 Å². The fourth-order valence-corrected chi connectivity index (χ4v) is 2.61. The van der Waals surface area contributed by atoms with Crippen LogP contribution >= 0.6 is 0 Å². The summed E-state index contributed by atoms with van der Waals surface area (Å²) in [4.78, 5) is 4.40. The molecule has 2 unspecified atom stereocenters. The second-order valence-corrected chi connectivity index (χ2v) is 5.06. The van der Waals surface area contributed by atoms with Gasteiger partial charge in [0.15, 0.2) is 0 Å². The monoisotopic (exact) mass is 233 g/mol. The largest absolute Gasteiger partial charge is 0.353 e. The minimum absolute atomic E-state index is 0.573. The van der Waals surface area contributed by atoms with Crippen molar-refractivity contribution in [3.05, 3.63) is 25.0 Å². The molecule has 3 nitrogen and oxygen atoms in total. The molecule has 1 heterocycles. The van der Waals surface area contributed by atoms with Gasteiger partial charge in [0.2, 0.25) is 5.95 Å². The van der Waals surface area contributed by atoms with Gasteiger partial charge in [-0.2, -0.15) is 0 Å². The van der Waals surface area contributed by atoms with E-state index in [0.717, 1.165) is 18.4 Å². The average molecular weight is 233 g/mol. The second-order valence-electron chi connectivity index (χ2n) is 5.06. The molecule has 0 spiro atoms. The van der Waals surface area contributed by atoms with Crippen LogP contribution in [0, 0.1) is 5.92 Å². The van der Waals surface area contributed by atoms with Crippen LogP contribution in [0.15, 0.2) is 25.0 Å². The van der Waals surface area contributed by atoms with Crippen molar-refractivity contribution >= 4 is 5.95 Å². The van der Waals surface area contributed by atoms with E-state index in [4.69, 9.17) is 0 Å². The van der Waals surface area contributed by atoms with Crippen molar-refractivity contribution in [3.63, 3.8) is 0 Å². The van der Waals surface area contributed by atoms with Crippen LogP contribution in [0.25, 0.3) is 0 Å². The summed E-state index contributed by atoms with van der Waals surface area (Å²) < 4.78 is 2.12. The molecule has 1 aromatic heterocycles. The molecule has 1 aliphatic rings. The lowest BCUT2D eigenvalue weighted by Gasteiger charge is -2.23. The quantitative estimate of drug-likeness (QED) is 0.637. The molecule has 0 radical (unpaired) electrons. The number of hydrogen-bond donors (Lipinski definition) is 1. The van der Waals surface area contributed by atoms with Gasteiger partial charge in [-0.05, 0) is 18.8 Å². The Balaban J connectivity index is 2.02. The summed E-state index contributed by atoms with van der Waals surface area (Å²) in [7, 11) is 0. The SMILES string of the molecule is C=CCn1ccnc1NC1CCCCCC1C. The van der Waals surface area contributed by atoms with Crippen LogP contribution in [0.4, 0.5) is 5.95 Å². The highest BCUT2D eigenvalue weighted by Crippen LogP contribution is 2.25. The van der Waals surface area contributed by atoms with E-state index in [9.17, 15) is 0 Å². The first-order valence-corrected chi connectivity index (χ1v) is 6.70. The highest BCUT2D eigenvalue weighted by molar-refractivity contribution is 5.28. The Morgan fingerprint density at radius 2 is 2.29 bits per heavy atom. The molecule has 3 heteroatoms. The predicted molar refractivity (Wildman–Crippen MR) is 72.1 cm³/mol. The number of anilines is 1. The van der Waals surface area contributed by atoms with Gasteiger partial charge in [-0.3, -0.25) is 0 Å². The molecule has 94 valence electrons. The minimum Gasteiger partial charge on any atom is -0.353 e. The number of aromatic nitrogens is 2. The van der Waals surface area contributed by atoms with Crippen molar-refractivity contribution in [3.8, 4) is 0 Å². The third-order valence-electron chi connectivity index (χ3n) is 3.72. The van der Waals surface area contributed by atoms with Crippen LogP contribution in [0.5, 0.6) is 0 Å². The molecule has 0 bridgehead atoms. The highest BCUT2D eigenvalue weighted by Gasteiger charge is 2.20. The fourth-order valence-electron chi connectivity index (χ4n) is 2.61. The van der Waals surface area contributed by atoms with Crippen LogP contribution in [0.3, 0.4) is 0 Å². The molecule has 1 N–H and O–H groups in total. The summed E-state index contributed by atoms with van der Waals surface area (Å²) in [5.41, 5.74) is 0. The molecule has 2 atom stereocenters. The Hall–Kier alpha value is -1.25. The van der Waals surface area contributed by atoms with E-state index in [1.807, 2.05) is 18.5 Å². The summed E-state index contributed by atoms with van der Waals surface area (Å²) in [6.45, 7) is 6.95. The topological polar surface area (TPSA) is 29.9 Å². The minimum atomic E-state index is 0.573. The van der Waals surface area contributed by atoms with Gasteiger partial charge in [-0.1, -0.05) is 32.3 Å². The highest BCUT2D eigenvalue weighted by atomic mass is 15.2. The molecule has 0 amide bonds. The van der Waals surface area contributed by atoms with Gasteiger partial charge in [0.25, 0.3) is 0 Å². The molecule has 1 fully saturated rings. The van der Waals surface area contributed by atoms with Gasteiger partial charge < -0.3 is 9.88 Å². The first-order chi connectivity index (χ1) is 8.31. The summed E-state index contributed by atoms with van der Waals surface area (Å²) in [6.07, 6.45) is 12.5. The van der Waals surface area contributed by atoms with E-state index in [1.165, 1.54) is 32.1 Å². The van der Waals surface area contributed by atoms with Gasteiger partial charge in [0, 0.05) is 25.0 Å². The third-order valence-corrected chi connectivity index (χ3v) is 3.72. The van der Waals surface area contributed by atoms with Crippen molar-refractivity contribution in [2.45, 2.75) is 51.6 Å². The lowest BCUT2D eigenvalue weighted by molar-refractivity contribution is 0.453. The zero-order chi connectivity index (χ0) is 12.1. The van der Waals surface area contributed by atoms with E-state index in [-0.39, 0.29) is 0 Å². The lowest BCUT2D eigenvalue weighted by Crippen LogP contribution is -2.27. The lowest BCUT2D eigenvalue weighted by atomic mass is 9.97. The number of hydrogen-bond acceptors (Lipinski definition) is 2. The van der Waals surface area contributed by atoms with Crippen molar-refractivity contribution in [1.29, 1.82) is 0 Å². The molecular formula is C14H23N3. The number of rotatable bonds is 4. The van der Waals surface area contributed by atoms with E-state index >= 15 is 0 Å². The Labute approximate surface area is 104 Å². The van der Waals surface area contributed by atoms with Crippen molar-refractivity contribution in [2.24, 2.45) is 5.92 Å². The van der Waals surface area contributed by atoms with Gasteiger partial charge in [-0.25, -0.2) is 4.98 Å². The maximum Gasteiger partial charge on any atom is 0.203 e. The van der Waals surface area contributed by atoms with Crippen LogP contribution in [-0.4, -0.2) is 15.6 Å². The number of nitrogens with zero attached hydrogens (tertiary/aromatic N) is 2. The molecule has 1 saturated carbocycles. The predicted octanol–water partition coefficient (Wildman–Crippen LogP) is 3.45. The summed E-state index contributed by atoms with van der Waals surface area (Å²) >= 11 is 0. The first-order valence-electron chi connectivity index (χ1n) is 6.70. The Bertz CT molecular complexity index is 356. The summed E-state index contributed by atoms with van der Waals surface area (Å²) in [5.74, 6) is 1.73. The third kappa shape index (κ3) is 3.11. The van der Waals surface area contributed by atoms with Crippen LogP contribution < -0.4 is 5.32 Å². The Kier molecular flexibility index (Phi) is 4.24. The van der Waals surface area contributed by atoms with Gasteiger partial charge in [0.1, 0.15) is 0 Å². The zero-order valence-corrected chi connectivity index (χ0v) is 10.7. The van der Waals surface area contributed by atoms with E-state index in [0.29, 0.717) is 6.04 Å². The number of nitrogens with one attached hydrogen (secondary N) is 1. The van der Waals surface area contributed by atoms with Gasteiger partial charge >= 0.3 is 0 Å². The fraction of sp³-hybridized carbons (Fsp3) is 0.643. The maximum absolute atomic E-state index is 4.40. The summed E-state index contributed by atoms with van der Waals surface area (Å²) in [6, 6.07) is 0.573. The van der Waals surface area contributed by atoms with Gasteiger partial charge in [-0.15, -0.1) is 6.58 Å². The molecule has 1 aliphatic carbocycles. The molecule has 0 aliphatic heterocycles. The molecular weight excluding hydrogens is 210 g/mol. The normalized spacial score (nSPS) is 25.2. The standard InChI is InChI=1S/C14H23N3/c1-3-10-17-11-9-15-14(17)16-13-8-6-4-5-7-12(13)2/h3,9,11-13H,1,4-8,10H2,2H3,(H,15,16). The smallest absolute Gasteiger partial charge is 0.203 e. The average Bonchev–Trinajstić information content (AvgIpc) is 2.64. The maximum atomic E-state index is 4.40. The molecule has 0 aromatic carbocycles.